The summed E-state index contributed by atoms with van der Waals surface area (Å²) in [7, 11) is 0. The van der Waals surface area contributed by atoms with Gasteiger partial charge in [0.2, 0.25) is 0 Å². The van der Waals surface area contributed by atoms with Crippen LogP contribution in [0.5, 0.6) is 0 Å². The van der Waals surface area contributed by atoms with Crippen molar-refractivity contribution in [2.75, 3.05) is 0 Å². The lowest BCUT2D eigenvalue weighted by Crippen LogP contribution is -2.00. The van der Waals surface area contributed by atoms with Gasteiger partial charge >= 0.3 is 0 Å². The first-order valence-electron chi connectivity index (χ1n) is 6.54. The Morgan fingerprint density at radius 3 is 2.55 bits per heavy atom. The summed E-state index contributed by atoms with van der Waals surface area (Å²) < 4.78 is 4.10. The van der Waals surface area contributed by atoms with E-state index in [-0.39, 0.29) is 0 Å². The molecular weight excluding hydrogens is 270 g/mol. The summed E-state index contributed by atoms with van der Waals surface area (Å²) in [6, 6.07) is 10.5. The molecule has 3 nitrogen and oxygen atoms in total. The van der Waals surface area contributed by atoms with Gasteiger partial charge in [-0.2, -0.15) is 5.10 Å². The van der Waals surface area contributed by atoms with Crippen molar-refractivity contribution in [1.82, 2.24) is 14.3 Å². The van der Waals surface area contributed by atoms with Crippen LogP contribution in [-0.4, -0.2) is 14.3 Å². The number of halogens is 1. The van der Waals surface area contributed by atoms with Crippen LogP contribution in [-0.2, 0) is 6.54 Å². The van der Waals surface area contributed by atoms with Crippen molar-refractivity contribution in [2.24, 2.45) is 0 Å². The topological polar surface area (TPSA) is 22.8 Å². The predicted octanol–water partition coefficient (Wildman–Crippen LogP) is 4.28. The van der Waals surface area contributed by atoms with E-state index >= 15 is 0 Å². The van der Waals surface area contributed by atoms with Crippen LogP contribution in [0.3, 0.4) is 0 Å². The zero-order chi connectivity index (χ0) is 14.3. The first kappa shape index (κ1) is 13.0. The Morgan fingerprint density at radius 1 is 1.20 bits per heavy atom. The molecule has 1 aromatic carbocycles. The lowest BCUT2D eigenvalue weighted by atomic mass is 10.2. The highest BCUT2D eigenvalue weighted by Crippen LogP contribution is 2.26. The molecular formula is C16H16ClN3. The number of fused-ring (bicyclic) bond motifs is 1. The van der Waals surface area contributed by atoms with E-state index in [1.165, 1.54) is 11.4 Å². The molecule has 0 aliphatic carbocycles. The summed E-state index contributed by atoms with van der Waals surface area (Å²) in [6.07, 6.45) is 1.82. The van der Waals surface area contributed by atoms with Crippen molar-refractivity contribution in [3.63, 3.8) is 0 Å². The van der Waals surface area contributed by atoms with Crippen LogP contribution >= 0.6 is 11.6 Å². The number of nitrogens with zero attached hydrogens (tertiary/aromatic N) is 3. The van der Waals surface area contributed by atoms with Gasteiger partial charge in [0, 0.05) is 22.5 Å². The summed E-state index contributed by atoms with van der Waals surface area (Å²) in [4.78, 5) is 0. The smallest absolute Gasteiger partial charge is 0.158 e. The van der Waals surface area contributed by atoms with Crippen LogP contribution in [0.4, 0.5) is 0 Å². The summed E-state index contributed by atoms with van der Waals surface area (Å²) in [6.45, 7) is 8.62. The van der Waals surface area contributed by atoms with Gasteiger partial charge < -0.3 is 4.57 Å². The normalized spacial score (nSPS) is 11.2. The molecule has 0 aliphatic heterocycles. The Hall–Kier alpha value is -2.00. The average molecular weight is 286 g/mol. The maximum Gasteiger partial charge on any atom is 0.158 e. The fourth-order valence-electron chi connectivity index (χ4n) is 2.60. The third kappa shape index (κ3) is 1.95. The second-order valence-corrected chi connectivity index (χ2v) is 5.27. The van der Waals surface area contributed by atoms with Gasteiger partial charge in [-0.25, -0.2) is 0 Å². The van der Waals surface area contributed by atoms with E-state index in [4.69, 9.17) is 11.6 Å². The lowest BCUT2D eigenvalue weighted by Gasteiger charge is -2.10. The minimum absolute atomic E-state index is 0.536. The third-order valence-corrected chi connectivity index (χ3v) is 3.80. The van der Waals surface area contributed by atoms with Gasteiger partial charge in [0.25, 0.3) is 0 Å². The van der Waals surface area contributed by atoms with Crippen LogP contribution in [0, 0.1) is 13.8 Å². The maximum absolute atomic E-state index is 6.18. The molecule has 0 saturated carbocycles. The minimum atomic E-state index is 0.536. The first-order valence-corrected chi connectivity index (χ1v) is 6.92. The Bertz CT molecular complexity index is 776. The standard InChI is InChI=1S/C16H16ClN3/c1-4-9-19-15-10-13(7-8-14(15)16(17)18-19)20-11(2)5-6-12(20)3/h4-8,10H,1,9H2,2-3H3. The molecule has 3 aromatic rings. The molecule has 102 valence electrons. The van der Waals surface area contributed by atoms with Crippen molar-refractivity contribution in [3.8, 4) is 5.69 Å². The second-order valence-electron chi connectivity index (χ2n) is 4.91. The van der Waals surface area contributed by atoms with Crippen molar-refractivity contribution >= 4 is 22.5 Å². The second kappa shape index (κ2) is 4.84. The highest BCUT2D eigenvalue weighted by Gasteiger charge is 2.11. The summed E-state index contributed by atoms with van der Waals surface area (Å²) in [5.41, 5.74) is 4.57. The van der Waals surface area contributed by atoms with E-state index in [9.17, 15) is 0 Å². The number of hydrogen-bond donors (Lipinski definition) is 0. The van der Waals surface area contributed by atoms with Gasteiger partial charge in [-0.15, -0.1) is 6.58 Å². The molecule has 0 atom stereocenters. The van der Waals surface area contributed by atoms with Crippen LogP contribution in [0.1, 0.15) is 11.4 Å². The maximum atomic E-state index is 6.18. The lowest BCUT2D eigenvalue weighted by molar-refractivity contribution is 0.729. The summed E-state index contributed by atoms with van der Waals surface area (Å²) >= 11 is 6.18. The van der Waals surface area contributed by atoms with Gasteiger partial charge in [0.15, 0.2) is 5.15 Å². The molecule has 2 heterocycles. The predicted molar refractivity (Wildman–Crippen MR) is 83.7 cm³/mol. The highest BCUT2D eigenvalue weighted by molar-refractivity contribution is 6.34. The van der Waals surface area contributed by atoms with Crippen molar-refractivity contribution in [1.29, 1.82) is 0 Å². The monoisotopic (exact) mass is 285 g/mol. The largest absolute Gasteiger partial charge is 0.318 e. The number of allylic oxidation sites excluding steroid dienone is 1. The molecule has 0 fully saturated rings. The van der Waals surface area contributed by atoms with Crippen molar-refractivity contribution in [2.45, 2.75) is 20.4 Å². The van der Waals surface area contributed by atoms with Crippen molar-refractivity contribution < 1.29 is 0 Å². The Kier molecular flexibility index (Phi) is 3.14. The molecule has 4 heteroatoms. The van der Waals surface area contributed by atoms with Crippen LogP contribution in [0.15, 0.2) is 43.0 Å². The molecule has 0 N–H and O–H groups in total. The zero-order valence-corrected chi connectivity index (χ0v) is 12.4. The van der Waals surface area contributed by atoms with Gasteiger partial charge in [0.05, 0.1) is 12.1 Å². The number of hydrogen-bond acceptors (Lipinski definition) is 1. The van der Waals surface area contributed by atoms with E-state index in [2.05, 4.69) is 54.4 Å². The molecule has 0 unspecified atom stereocenters. The average Bonchev–Trinajstić information content (AvgIpc) is 2.91. The molecule has 0 aliphatic rings. The third-order valence-electron chi connectivity index (χ3n) is 3.52. The highest BCUT2D eigenvalue weighted by atomic mass is 35.5. The van der Waals surface area contributed by atoms with E-state index in [0.29, 0.717) is 11.7 Å². The number of aromatic nitrogens is 3. The van der Waals surface area contributed by atoms with E-state index in [1.807, 2.05) is 16.8 Å². The van der Waals surface area contributed by atoms with Crippen LogP contribution < -0.4 is 0 Å². The molecule has 0 bridgehead atoms. The zero-order valence-electron chi connectivity index (χ0n) is 11.6. The van der Waals surface area contributed by atoms with E-state index in [1.54, 1.807) is 0 Å². The molecule has 0 spiro atoms. The fourth-order valence-corrected chi connectivity index (χ4v) is 2.85. The first-order chi connectivity index (χ1) is 9.61. The van der Waals surface area contributed by atoms with Crippen LogP contribution in [0.2, 0.25) is 5.15 Å². The number of rotatable bonds is 3. The van der Waals surface area contributed by atoms with Gasteiger partial charge in [0.1, 0.15) is 0 Å². The molecule has 0 radical (unpaired) electrons. The van der Waals surface area contributed by atoms with Gasteiger partial charge in [-0.05, 0) is 44.2 Å². The molecule has 0 saturated heterocycles. The summed E-state index contributed by atoms with van der Waals surface area (Å²) in [5, 5.41) is 5.86. The van der Waals surface area contributed by atoms with E-state index in [0.717, 1.165) is 16.6 Å². The number of aryl methyl sites for hydroxylation is 2. The van der Waals surface area contributed by atoms with Crippen LogP contribution in [0.25, 0.3) is 16.6 Å². The van der Waals surface area contributed by atoms with Gasteiger partial charge in [-0.1, -0.05) is 17.7 Å². The molecule has 2 aromatic heterocycles. The SMILES string of the molecule is C=CCn1nc(Cl)c2ccc(-n3c(C)ccc3C)cc21. The Balaban J connectivity index is 2.24. The fraction of sp³-hybridized carbons (Fsp3) is 0.188. The van der Waals surface area contributed by atoms with E-state index < -0.39 is 0 Å². The minimum Gasteiger partial charge on any atom is -0.318 e. The summed E-state index contributed by atoms with van der Waals surface area (Å²) in [5.74, 6) is 0. The Morgan fingerprint density at radius 2 is 1.90 bits per heavy atom. The Labute approximate surface area is 123 Å². The molecule has 20 heavy (non-hydrogen) atoms. The van der Waals surface area contributed by atoms with Crippen molar-refractivity contribution in [3.05, 3.63) is 59.5 Å². The quantitative estimate of drug-likeness (QED) is 0.659. The molecule has 0 amide bonds. The number of benzene rings is 1. The van der Waals surface area contributed by atoms with Gasteiger partial charge in [-0.3, -0.25) is 4.68 Å². The molecule has 3 rings (SSSR count).